The fourth-order valence-corrected chi connectivity index (χ4v) is 4.68. The average molecular weight is 411 g/mol. The van der Waals surface area contributed by atoms with Gasteiger partial charge in [0.2, 0.25) is 0 Å². The van der Waals surface area contributed by atoms with E-state index in [1.54, 1.807) is 35.8 Å². The summed E-state index contributed by atoms with van der Waals surface area (Å²) >= 11 is 7.49. The van der Waals surface area contributed by atoms with Crippen molar-refractivity contribution < 1.29 is 14.3 Å². The van der Waals surface area contributed by atoms with Crippen LogP contribution >= 0.6 is 22.9 Å². The molecule has 7 heteroatoms. The highest BCUT2D eigenvalue weighted by Crippen LogP contribution is 2.39. The lowest BCUT2D eigenvalue weighted by Gasteiger charge is -2.09. The molecular formula is C21H15ClN2O3S. The van der Waals surface area contributed by atoms with Gasteiger partial charge in [0.15, 0.2) is 0 Å². The van der Waals surface area contributed by atoms with Gasteiger partial charge < -0.3 is 9.52 Å². The number of carbonyl (C=O) groups is 1. The van der Waals surface area contributed by atoms with E-state index >= 15 is 0 Å². The predicted octanol–water partition coefficient (Wildman–Crippen LogP) is 5.86. The van der Waals surface area contributed by atoms with Gasteiger partial charge in [0, 0.05) is 10.4 Å². The van der Waals surface area contributed by atoms with Gasteiger partial charge in [0.25, 0.3) is 0 Å². The number of aryl methyl sites for hydroxylation is 1. The number of nitrogens with zero attached hydrogens (tertiary/aromatic N) is 2. The summed E-state index contributed by atoms with van der Waals surface area (Å²) in [5.74, 6) is -0.0467. The number of thiophene rings is 1. The number of hydrogen-bond acceptors (Lipinski definition) is 5. The second-order valence-corrected chi connectivity index (χ2v) is 7.95. The van der Waals surface area contributed by atoms with Gasteiger partial charge in [0.05, 0.1) is 22.4 Å². The van der Waals surface area contributed by atoms with Crippen molar-refractivity contribution in [2.75, 3.05) is 0 Å². The molecule has 0 radical (unpaired) electrons. The van der Waals surface area contributed by atoms with Gasteiger partial charge in [-0.3, -0.25) is 0 Å². The molecule has 2 heterocycles. The van der Waals surface area contributed by atoms with E-state index in [9.17, 15) is 15.2 Å². The number of hydrogen-bond donors (Lipinski definition) is 1. The Kier molecular flexibility index (Phi) is 5.03. The molecule has 0 unspecified atom stereocenters. The normalized spacial score (nSPS) is 13.4. The summed E-state index contributed by atoms with van der Waals surface area (Å²) in [4.78, 5) is 17.0. The standard InChI is InChI=1S/C21H15ClN2O3S/c22-17-7-5-12(9-15(17)21(25)26)18-8-6-13(27-18)11-24-20-16(10-23)14-3-1-2-4-19(14)28-20/h5-9,11H,1-4H2,(H,25,26). The lowest BCUT2D eigenvalue weighted by Crippen LogP contribution is -1.99. The molecule has 2 aromatic heterocycles. The minimum atomic E-state index is -1.09. The summed E-state index contributed by atoms with van der Waals surface area (Å²) < 4.78 is 5.78. The first-order valence-corrected chi connectivity index (χ1v) is 9.98. The topological polar surface area (TPSA) is 86.6 Å². The summed E-state index contributed by atoms with van der Waals surface area (Å²) in [6.45, 7) is 0. The fraction of sp³-hybridized carbons (Fsp3) is 0.190. The second kappa shape index (κ2) is 7.63. The third kappa shape index (κ3) is 3.47. The summed E-state index contributed by atoms with van der Waals surface area (Å²) in [5, 5.41) is 19.6. The van der Waals surface area contributed by atoms with Crippen molar-refractivity contribution in [3.8, 4) is 17.4 Å². The molecule has 0 amide bonds. The molecule has 0 saturated carbocycles. The van der Waals surface area contributed by atoms with Crippen LogP contribution in [-0.4, -0.2) is 17.3 Å². The van der Waals surface area contributed by atoms with Gasteiger partial charge in [-0.1, -0.05) is 11.6 Å². The molecule has 0 spiro atoms. The number of halogens is 1. The van der Waals surface area contributed by atoms with Crippen LogP contribution in [0.3, 0.4) is 0 Å². The van der Waals surface area contributed by atoms with E-state index in [2.05, 4.69) is 11.1 Å². The Morgan fingerprint density at radius 1 is 1.29 bits per heavy atom. The molecular weight excluding hydrogens is 396 g/mol. The number of fused-ring (bicyclic) bond motifs is 1. The molecule has 28 heavy (non-hydrogen) atoms. The average Bonchev–Trinajstić information content (AvgIpc) is 3.30. The van der Waals surface area contributed by atoms with E-state index < -0.39 is 5.97 Å². The number of carboxylic acids is 1. The summed E-state index contributed by atoms with van der Waals surface area (Å²) in [5.41, 5.74) is 2.46. The summed E-state index contributed by atoms with van der Waals surface area (Å²) in [6, 6.07) is 10.5. The highest BCUT2D eigenvalue weighted by atomic mass is 35.5. The predicted molar refractivity (Wildman–Crippen MR) is 109 cm³/mol. The van der Waals surface area contributed by atoms with Crippen LogP contribution in [0.5, 0.6) is 0 Å². The Balaban J connectivity index is 1.61. The molecule has 4 rings (SSSR count). The first kappa shape index (κ1) is 18.5. The Hall–Kier alpha value is -2.88. The number of rotatable bonds is 4. The largest absolute Gasteiger partial charge is 0.478 e. The zero-order chi connectivity index (χ0) is 19.7. The zero-order valence-electron chi connectivity index (χ0n) is 14.7. The molecule has 0 saturated heterocycles. The zero-order valence-corrected chi connectivity index (χ0v) is 16.3. The van der Waals surface area contributed by atoms with Crippen LogP contribution in [0.1, 0.15) is 45.0 Å². The Labute approximate surface area is 170 Å². The SMILES string of the molecule is N#Cc1c(N=Cc2ccc(-c3ccc(Cl)c(C(=O)O)c3)o2)sc2c1CCCC2. The molecule has 1 N–H and O–H groups in total. The molecule has 1 aliphatic carbocycles. The van der Waals surface area contributed by atoms with E-state index in [4.69, 9.17) is 16.0 Å². The number of carboxylic acid groups (broad SMARTS) is 1. The highest BCUT2D eigenvalue weighted by Gasteiger charge is 2.20. The maximum absolute atomic E-state index is 11.3. The van der Waals surface area contributed by atoms with Crippen molar-refractivity contribution in [1.82, 2.24) is 0 Å². The van der Waals surface area contributed by atoms with Crippen LogP contribution in [-0.2, 0) is 12.8 Å². The first-order chi connectivity index (χ1) is 13.6. The number of aromatic carboxylic acids is 1. The molecule has 0 atom stereocenters. The monoisotopic (exact) mass is 410 g/mol. The van der Waals surface area contributed by atoms with E-state index in [0.717, 1.165) is 31.2 Å². The van der Waals surface area contributed by atoms with E-state index in [1.165, 1.54) is 17.0 Å². The Bertz CT molecular complexity index is 1140. The van der Waals surface area contributed by atoms with Crippen LogP contribution < -0.4 is 0 Å². The first-order valence-electron chi connectivity index (χ1n) is 8.78. The molecule has 0 fully saturated rings. The van der Waals surface area contributed by atoms with Gasteiger partial charge in [-0.05, 0) is 61.6 Å². The lowest BCUT2D eigenvalue weighted by molar-refractivity contribution is 0.0697. The van der Waals surface area contributed by atoms with Crippen molar-refractivity contribution in [1.29, 1.82) is 5.26 Å². The van der Waals surface area contributed by atoms with Crippen LogP contribution in [0.4, 0.5) is 5.00 Å². The Morgan fingerprint density at radius 2 is 2.11 bits per heavy atom. The van der Waals surface area contributed by atoms with Crippen molar-refractivity contribution in [3.63, 3.8) is 0 Å². The van der Waals surface area contributed by atoms with Gasteiger partial charge in [-0.2, -0.15) is 5.26 Å². The third-order valence-electron chi connectivity index (χ3n) is 4.68. The molecule has 0 aliphatic heterocycles. The molecule has 3 aromatic rings. The van der Waals surface area contributed by atoms with E-state index in [-0.39, 0.29) is 10.6 Å². The summed E-state index contributed by atoms with van der Waals surface area (Å²) in [6.07, 6.45) is 5.82. The van der Waals surface area contributed by atoms with E-state index in [0.29, 0.717) is 27.6 Å². The quantitative estimate of drug-likeness (QED) is 0.545. The minimum absolute atomic E-state index is 0.0219. The number of aliphatic imine (C=N–C) groups is 1. The maximum atomic E-state index is 11.3. The number of nitriles is 1. The van der Waals surface area contributed by atoms with Crippen LogP contribution in [0.25, 0.3) is 11.3 Å². The molecule has 5 nitrogen and oxygen atoms in total. The maximum Gasteiger partial charge on any atom is 0.337 e. The van der Waals surface area contributed by atoms with Crippen molar-refractivity contribution in [2.24, 2.45) is 4.99 Å². The number of furan rings is 1. The van der Waals surface area contributed by atoms with Crippen molar-refractivity contribution >= 4 is 40.1 Å². The third-order valence-corrected chi connectivity index (χ3v) is 6.21. The lowest BCUT2D eigenvalue weighted by atomic mass is 9.96. The second-order valence-electron chi connectivity index (χ2n) is 6.46. The van der Waals surface area contributed by atoms with Crippen LogP contribution in [0, 0.1) is 11.3 Å². The Morgan fingerprint density at radius 3 is 2.89 bits per heavy atom. The molecule has 1 aliphatic rings. The van der Waals surface area contributed by atoms with Gasteiger partial charge in [-0.15, -0.1) is 11.3 Å². The van der Waals surface area contributed by atoms with Crippen LogP contribution in [0.2, 0.25) is 5.02 Å². The van der Waals surface area contributed by atoms with Crippen molar-refractivity contribution in [3.05, 3.63) is 62.7 Å². The highest BCUT2D eigenvalue weighted by molar-refractivity contribution is 7.16. The van der Waals surface area contributed by atoms with Gasteiger partial charge in [0.1, 0.15) is 22.6 Å². The smallest absolute Gasteiger partial charge is 0.337 e. The van der Waals surface area contributed by atoms with Gasteiger partial charge in [-0.25, -0.2) is 9.79 Å². The van der Waals surface area contributed by atoms with Crippen LogP contribution in [0.15, 0.2) is 39.7 Å². The number of benzene rings is 1. The van der Waals surface area contributed by atoms with E-state index in [1.807, 2.05) is 0 Å². The molecule has 1 aromatic carbocycles. The fourth-order valence-electron chi connectivity index (χ4n) is 3.30. The summed E-state index contributed by atoms with van der Waals surface area (Å²) in [7, 11) is 0. The minimum Gasteiger partial charge on any atom is -0.478 e. The molecule has 140 valence electrons. The van der Waals surface area contributed by atoms with Gasteiger partial charge >= 0.3 is 5.97 Å². The van der Waals surface area contributed by atoms with Crippen molar-refractivity contribution in [2.45, 2.75) is 25.7 Å². The molecule has 0 bridgehead atoms.